The van der Waals surface area contributed by atoms with Gasteiger partial charge in [0.25, 0.3) is 0 Å². The maximum absolute atomic E-state index is 12.8. The lowest BCUT2D eigenvalue weighted by atomic mass is 10.1. The number of carbonyl (C=O) groups is 3. The minimum Gasteiger partial charge on any atom is -0.462 e. The summed E-state index contributed by atoms with van der Waals surface area (Å²) in [7, 11) is 0. The van der Waals surface area contributed by atoms with Gasteiger partial charge in [-0.25, -0.2) is 0 Å². The van der Waals surface area contributed by atoms with Gasteiger partial charge in [-0.15, -0.1) is 0 Å². The van der Waals surface area contributed by atoms with Crippen LogP contribution in [0, 0.1) is 0 Å². The molecule has 0 rings (SSSR count). The Labute approximate surface area is 462 Å². The van der Waals surface area contributed by atoms with Crippen LogP contribution in [-0.2, 0) is 28.6 Å². The van der Waals surface area contributed by atoms with Gasteiger partial charge < -0.3 is 14.2 Å². The van der Waals surface area contributed by atoms with E-state index < -0.39 is 6.10 Å². The topological polar surface area (TPSA) is 78.9 Å². The van der Waals surface area contributed by atoms with Crippen LogP contribution in [0.3, 0.4) is 0 Å². The second kappa shape index (κ2) is 62.1. The molecule has 1 atom stereocenters. The predicted molar refractivity (Wildman–Crippen MR) is 325 cm³/mol. The third-order valence-electron chi connectivity index (χ3n) is 12.6. The average Bonchev–Trinajstić information content (AvgIpc) is 3.41. The van der Waals surface area contributed by atoms with Crippen LogP contribution in [-0.4, -0.2) is 37.2 Å². The highest BCUT2D eigenvalue weighted by atomic mass is 16.6. The predicted octanol–water partition coefficient (Wildman–Crippen LogP) is 21.0. The molecule has 424 valence electrons. The molecule has 0 saturated carbocycles. The van der Waals surface area contributed by atoms with Crippen molar-refractivity contribution in [3.8, 4) is 0 Å². The van der Waals surface area contributed by atoms with E-state index in [2.05, 4.69) is 154 Å². The quantitative estimate of drug-likeness (QED) is 0.0261. The van der Waals surface area contributed by atoms with Crippen LogP contribution in [0.1, 0.15) is 265 Å². The summed E-state index contributed by atoms with van der Waals surface area (Å²) in [6.45, 7) is 6.44. The van der Waals surface area contributed by atoms with Crippen molar-refractivity contribution >= 4 is 17.9 Å². The highest BCUT2D eigenvalue weighted by molar-refractivity contribution is 5.71. The van der Waals surface area contributed by atoms with Crippen molar-refractivity contribution in [2.75, 3.05) is 13.2 Å². The maximum Gasteiger partial charge on any atom is 0.306 e. The van der Waals surface area contributed by atoms with Gasteiger partial charge in [-0.2, -0.15) is 0 Å². The molecule has 0 aliphatic heterocycles. The van der Waals surface area contributed by atoms with Crippen LogP contribution in [0.5, 0.6) is 0 Å². The van der Waals surface area contributed by atoms with E-state index in [0.29, 0.717) is 19.3 Å². The second-order valence-electron chi connectivity index (χ2n) is 19.9. The molecule has 0 bridgehead atoms. The summed E-state index contributed by atoms with van der Waals surface area (Å²) in [5.74, 6) is -0.929. The Bertz CT molecular complexity index is 1620. The van der Waals surface area contributed by atoms with Crippen molar-refractivity contribution in [2.24, 2.45) is 0 Å². The highest BCUT2D eigenvalue weighted by Gasteiger charge is 2.19. The van der Waals surface area contributed by atoms with E-state index in [1.165, 1.54) is 64.2 Å². The molecule has 0 amide bonds. The first kappa shape index (κ1) is 70.5. The zero-order valence-corrected chi connectivity index (χ0v) is 48.5. The summed E-state index contributed by atoms with van der Waals surface area (Å²) in [4.78, 5) is 38.1. The Morgan fingerprint density at radius 2 is 0.533 bits per heavy atom. The fraction of sp³-hybridized carbons (Fsp3) is 0.638. The summed E-state index contributed by atoms with van der Waals surface area (Å²) < 4.78 is 16.8. The fourth-order valence-corrected chi connectivity index (χ4v) is 8.04. The lowest BCUT2D eigenvalue weighted by Gasteiger charge is -2.18. The molecule has 6 nitrogen and oxygen atoms in total. The minimum absolute atomic E-state index is 0.0912. The third-order valence-corrected chi connectivity index (χ3v) is 12.6. The van der Waals surface area contributed by atoms with Crippen molar-refractivity contribution in [3.63, 3.8) is 0 Å². The maximum atomic E-state index is 12.8. The molecule has 0 aromatic rings. The molecule has 75 heavy (non-hydrogen) atoms. The average molecular weight is 1040 g/mol. The van der Waals surface area contributed by atoms with E-state index in [1.807, 2.05) is 0 Å². The number of hydrogen-bond acceptors (Lipinski definition) is 6. The van der Waals surface area contributed by atoms with Crippen molar-refractivity contribution in [2.45, 2.75) is 271 Å². The Morgan fingerprint density at radius 1 is 0.280 bits per heavy atom. The molecule has 0 radical (unpaired) electrons. The Kier molecular flexibility index (Phi) is 58.4. The molecule has 6 heteroatoms. The molecule has 0 aliphatic rings. The molecule has 0 fully saturated rings. The summed E-state index contributed by atoms with van der Waals surface area (Å²) in [6, 6.07) is 0. The van der Waals surface area contributed by atoms with Crippen molar-refractivity contribution in [3.05, 3.63) is 134 Å². The smallest absolute Gasteiger partial charge is 0.306 e. The Hall–Kier alpha value is -4.45. The molecule has 0 aromatic carbocycles. The molecule has 1 unspecified atom stereocenters. The monoisotopic (exact) mass is 1040 g/mol. The standard InChI is InChI=1S/C69H112O6/c1-4-7-10-13-16-19-22-24-26-27-28-29-30-31-32-33-34-35-36-37-38-39-40-41-42-43-44-46-47-50-53-56-59-62-68(71)74-65-66(64-73-67(70)61-58-55-52-49-21-18-15-12-9-6-3)75-69(72)63-60-57-54-51-48-45-25-23-20-17-14-11-8-5-2/h7,10,14,16-17,19,23-26,28-29,31-32,34-35,37-38,40-41,43-44,66H,4-6,8-9,11-13,15,18,20-22,27,30,33,36,39,42,45-65H2,1-3H3/b10-7-,17-14-,19-16-,25-23-,26-24-,29-28-,32-31-,35-34-,38-37-,41-40-,44-43-. The number of carbonyl (C=O) groups excluding carboxylic acids is 3. The lowest BCUT2D eigenvalue weighted by Crippen LogP contribution is -2.30. The van der Waals surface area contributed by atoms with E-state index >= 15 is 0 Å². The molecular weight excluding hydrogens is 925 g/mol. The molecule has 0 aliphatic carbocycles. The summed E-state index contributed by atoms with van der Waals surface area (Å²) in [5.41, 5.74) is 0. The van der Waals surface area contributed by atoms with Gasteiger partial charge in [-0.3, -0.25) is 14.4 Å². The van der Waals surface area contributed by atoms with Crippen molar-refractivity contribution < 1.29 is 28.6 Å². The fourth-order valence-electron chi connectivity index (χ4n) is 8.04. The van der Waals surface area contributed by atoms with Crippen LogP contribution in [0.2, 0.25) is 0 Å². The summed E-state index contributed by atoms with van der Waals surface area (Å²) in [6.07, 6.45) is 87.4. The van der Waals surface area contributed by atoms with Gasteiger partial charge in [0.15, 0.2) is 6.10 Å². The number of ether oxygens (including phenoxy) is 3. The van der Waals surface area contributed by atoms with Crippen LogP contribution >= 0.6 is 0 Å². The van der Waals surface area contributed by atoms with Crippen LogP contribution in [0.15, 0.2) is 134 Å². The van der Waals surface area contributed by atoms with Crippen LogP contribution in [0.4, 0.5) is 0 Å². The van der Waals surface area contributed by atoms with Gasteiger partial charge in [-0.05, 0) is 116 Å². The van der Waals surface area contributed by atoms with Gasteiger partial charge >= 0.3 is 17.9 Å². The normalized spacial score (nSPS) is 13.1. The van der Waals surface area contributed by atoms with Crippen molar-refractivity contribution in [1.29, 1.82) is 0 Å². The Balaban J connectivity index is 4.27. The number of unbranched alkanes of at least 4 members (excludes halogenated alkanes) is 21. The number of rotatable bonds is 54. The van der Waals surface area contributed by atoms with E-state index in [9.17, 15) is 14.4 Å². The molecule has 0 aromatic heterocycles. The molecular formula is C69H112O6. The minimum atomic E-state index is -0.795. The number of allylic oxidation sites excluding steroid dienone is 22. The molecule has 0 saturated heterocycles. The van der Waals surface area contributed by atoms with Crippen molar-refractivity contribution in [1.82, 2.24) is 0 Å². The SMILES string of the molecule is CC/C=C\C/C=C\C/C=C\C/C=C\C/C=C\C/C=C\C/C=C\C/C=C\C/C=C\CCCCCCCC(=O)OCC(COC(=O)CCCCCCCCCCCC)OC(=O)CCCCCCC/C=C\C/C=C\CCCC. The zero-order chi connectivity index (χ0) is 54.3. The van der Waals surface area contributed by atoms with E-state index in [1.54, 1.807) is 0 Å². The highest BCUT2D eigenvalue weighted by Crippen LogP contribution is 2.14. The van der Waals surface area contributed by atoms with Gasteiger partial charge in [-0.1, -0.05) is 264 Å². The zero-order valence-electron chi connectivity index (χ0n) is 48.5. The first-order valence-corrected chi connectivity index (χ1v) is 30.7. The van der Waals surface area contributed by atoms with Crippen LogP contribution < -0.4 is 0 Å². The van der Waals surface area contributed by atoms with Gasteiger partial charge in [0, 0.05) is 19.3 Å². The van der Waals surface area contributed by atoms with Crippen LogP contribution in [0.25, 0.3) is 0 Å². The second-order valence-corrected chi connectivity index (χ2v) is 19.9. The first-order chi connectivity index (χ1) is 37.0. The van der Waals surface area contributed by atoms with E-state index in [-0.39, 0.29) is 31.1 Å². The van der Waals surface area contributed by atoms with Gasteiger partial charge in [0.1, 0.15) is 13.2 Å². The van der Waals surface area contributed by atoms with E-state index in [0.717, 1.165) is 161 Å². The largest absolute Gasteiger partial charge is 0.462 e. The molecule has 0 heterocycles. The van der Waals surface area contributed by atoms with Gasteiger partial charge in [0.2, 0.25) is 0 Å². The first-order valence-electron chi connectivity index (χ1n) is 30.7. The number of hydrogen-bond donors (Lipinski definition) is 0. The van der Waals surface area contributed by atoms with E-state index in [4.69, 9.17) is 14.2 Å². The number of esters is 3. The Morgan fingerprint density at radius 3 is 0.853 bits per heavy atom. The molecule has 0 spiro atoms. The summed E-state index contributed by atoms with van der Waals surface area (Å²) >= 11 is 0. The summed E-state index contributed by atoms with van der Waals surface area (Å²) in [5, 5.41) is 0. The molecule has 0 N–H and O–H groups in total. The third kappa shape index (κ3) is 60.3. The lowest BCUT2D eigenvalue weighted by molar-refractivity contribution is -0.167. The van der Waals surface area contributed by atoms with Gasteiger partial charge in [0.05, 0.1) is 0 Å².